The van der Waals surface area contributed by atoms with Crippen molar-refractivity contribution >= 4 is 28.9 Å². The van der Waals surface area contributed by atoms with Crippen molar-refractivity contribution in [1.29, 1.82) is 5.26 Å². The minimum atomic E-state index is -4.72. The van der Waals surface area contributed by atoms with E-state index in [0.29, 0.717) is 35.1 Å². The molecule has 7 nitrogen and oxygen atoms in total. The number of hydrogen-bond acceptors (Lipinski definition) is 7. The fourth-order valence-electron chi connectivity index (χ4n) is 3.49. The first-order chi connectivity index (χ1) is 16.2. The normalized spacial score (nSPS) is 19.4. The summed E-state index contributed by atoms with van der Waals surface area (Å²) in [6.07, 6.45) is -2.95. The largest absolute Gasteiger partial charge is 0.493 e. The number of aliphatic hydroxyl groups excluding tert-OH is 1. The fraction of sp³-hybridized carbons (Fsp3) is 0.261. The third-order valence-corrected chi connectivity index (χ3v) is 6.21. The van der Waals surface area contributed by atoms with Gasteiger partial charge in [-0.15, -0.1) is 0 Å². The quantitative estimate of drug-likeness (QED) is 0.636. The summed E-state index contributed by atoms with van der Waals surface area (Å²) in [5.74, 6) is -0.685. The van der Waals surface area contributed by atoms with Crippen LogP contribution in [0.25, 0.3) is 6.08 Å². The van der Waals surface area contributed by atoms with Gasteiger partial charge < -0.3 is 19.5 Å². The summed E-state index contributed by atoms with van der Waals surface area (Å²) in [7, 11) is 1.35. The average Bonchev–Trinajstić information content (AvgIpc) is 3.39. The van der Waals surface area contributed by atoms with E-state index in [9.17, 15) is 23.1 Å². The molecule has 1 atom stereocenters. The first-order valence-corrected chi connectivity index (χ1v) is 10.9. The molecule has 0 saturated carbocycles. The van der Waals surface area contributed by atoms with E-state index in [1.54, 1.807) is 18.2 Å². The third kappa shape index (κ3) is 5.03. The van der Waals surface area contributed by atoms with Crippen LogP contribution in [0.1, 0.15) is 23.1 Å². The molecule has 0 aromatic heterocycles. The number of benzene rings is 2. The van der Waals surface area contributed by atoms with E-state index in [0.717, 1.165) is 12.1 Å². The number of carbonyl (C=O) groups excluding carboxylic acids is 1. The average molecular weight is 489 g/mol. The van der Waals surface area contributed by atoms with Crippen LogP contribution in [0.5, 0.6) is 17.2 Å². The number of rotatable bonds is 4. The van der Waals surface area contributed by atoms with Crippen molar-refractivity contribution in [3.8, 4) is 23.3 Å². The number of thioether (sulfide) groups is 1. The zero-order valence-electron chi connectivity index (χ0n) is 17.8. The van der Waals surface area contributed by atoms with E-state index in [2.05, 4.69) is 4.99 Å². The molecule has 11 heteroatoms. The molecule has 0 spiro atoms. The van der Waals surface area contributed by atoms with Crippen LogP contribution in [0.4, 0.5) is 13.2 Å². The first-order valence-electron chi connectivity index (χ1n) is 10.1. The van der Waals surface area contributed by atoms with Gasteiger partial charge in [0.15, 0.2) is 16.7 Å². The van der Waals surface area contributed by atoms with Crippen LogP contribution in [0.3, 0.4) is 0 Å². The number of alkyl halides is 3. The Balaban J connectivity index is 1.57. The lowest BCUT2D eigenvalue weighted by Crippen LogP contribution is -2.26. The van der Waals surface area contributed by atoms with Crippen molar-refractivity contribution in [2.75, 3.05) is 20.2 Å². The summed E-state index contributed by atoms with van der Waals surface area (Å²) >= 11 is 1.19. The van der Waals surface area contributed by atoms with Crippen molar-refractivity contribution in [2.24, 2.45) is 4.99 Å². The van der Waals surface area contributed by atoms with E-state index in [4.69, 9.17) is 14.7 Å². The number of amidine groups is 1. The molecule has 2 aromatic rings. The van der Waals surface area contributed by atoms with Crippen molar-refractivity contribution in [3.05, 3.63) is 58.0 Å². The number of β-amino-alcohol motifs (C(OH)–C–C–N with tert-alkyl or cyclic N) is 1. The lowest BCUT2D eigenvalue weighted by molar-refractivity contribution is -0.138. The molecule has 34 heavy (non-hydrogen) atoms. The molecule has 2 heterocycles. The van der Waals surface area contributed by atoms with Gasteiger partial charge in [-0.05, 0) is 60.2 Å². The topological polar surface area (TPSA) is 95.2 Å². The Hall–Kier alpha value is -3.49. The first kappa shape index (κ1) is 23.7. The molecule has 2 aliphatic heterocycles. The van der Waals surface area contributed by atoms with Crippen LogP contribution in [-0.4, -0.2) is 47.4 Å². The second-order valence-electron chi connectivity index (χ2n) is 7.53. The van der Waals surface area contributed by atoms with Crippen LogP contribution in [0.2, 0.25) is 0 Å². The van der Waals surface area contributed by atoms with Gasteiger partial charge in [-0.3, -0.25) is 4.79 Å². The minimum absolute atomic E-state index is 0.0354. The molecular weight excluding hydrogens is 471 g/mol. The molecule has 2 aromatic carbocycles. The number of amides is 1. The van der Waals surface area contributed by atoms with Crippen LogP contribution in [0.15, 0.2) is 46.3 Å². The molecule has 1 fully saturated rings. The molecule has 4 rings (SSSR count). The summed E-state index contributed by atoms with van der Waals surface area (Å²) in [4.78, 5) is 18.6. The van der Waals surface area contributed by atoms with Crippen molar-refractivity contribution in [3.63, 3.8) is 0 Å². The Bertz CT molecular complexity index is 1240. The summed E-state index contributed by atoms with van der Waals surface area (Å²) in [6.45, 7) is 1.03. The zero-order valence-corrected chi connectivity index (χ0v) is 18.6. The Morgan fingerprint density at radius 3 is 2.65 bits per heavy atom. The Kier molecular flexibility index (Phi) is 6.54. The van der Waals surface area contributed by atoms with Gasteiger partial charge in [-0.25, -0.2) is 0 Å². The SMILES string of the molecule is COc1cc(/C=C2/SC(N3CCC(O)C3)=NC2=O)ccc1Oc1ccc(C#N)cc1C(F)(F)F. The van der Waals surface area contributed by atoms with Gasteiger partial charge in [0.25, 0.3) is 5.91 Å². The van der Waals surface area contributed by atoms with Gasteiger partial charge in [-0.1, -0.05) is 6.07 Å². The lowest BCUT2D eigenvalue weighted by Gasteiger charge is -2.16. The smallest absolute Gasteiger partial charge is 0.420 e. The van der Waals surface area contributed by atoms with E-state index in [1.165, 1.54) is 37.1 Å². The molecule has 0 bridgehead atoms. The van der Waals surface area contributed by atoms with Crippen LogP contribution >= 0.6 is 11.8 Å². The number of halogens is 3. The molecule has 0 radical (unpaired) electrons. The highest BCUT2D eigenvalue weighted by atomic mass is 32.2. The fourth-order valence-corrected chi connectivity index (χ4v) is 4.44. The number of hydrogen-bond donors (Lipinski definition) is 1. The Morgan fingerprint density at radius 1 is 1.24 bits per heavy atom. The number of likely N-dealkylation sites (tertiary alicyclic amines) is 1. The number of nitriles is 1. The summed E-state index contributed by atoms with van der Waals surface area (Å²) in [5, 5.41) is 19.1. The van der Waals surface area contributed by atoms with Crippen molar-refractivity contribution < 1.29 is 32.5 Å². The number of ether oxygens (including phenoxy) is 2. The van der Waals surface area contributed by atoms with E-state index >= 15 is 0 Å². The number of methoxy groups -OCH3 is 1. The van der Waals surface area contributed by atoms with Crippen LogP contribution in [-0.2, 0) is 11.0 Å². The lowest BCUT2D eigenvalue weighted by atomic mass is 10.1. The number of aliphatic imine (C=N–C) groups is 1. The minimum Gasteiger partial charge on any atom is -0.493 e. The molecule has 1 N–H and O–H groups in total. The third-order valence-electron chi connectivity index (χ3n) is 5.16. The number of aliphatic hydroxyl groups is 1. The predicted molar refractivity (Wildman–Crippen MR) is 119 cm³/mol. The van der Waals surface area contributed by atoms with E-state index < -0.39 is 29.5 Å². The van der Waals surface area contributed by atoms with Crippen molar-refractivity contribution in [2.45, 2.75) is 18.7 Å². The summed E-state index contributed by atoms with van der Waals surface area (Å²) in [6, 6.07) is 9.26. The van der Waals surface area contributed by atoms with Gasteiger partial charge in [0.05, 0.1) is 35.3 Å². The molecule has 176 valence electrons. The Morgan fingerprint density at radius 2 is 2.00 bits per heavy atom. The monoisotopic (exact) mass is 489 g/mol. The number of nitrogens with zero attached hydrogens (tertiary/aromatic N) is 3. The maximum atomic E-state index is 13.5. The maximum absolute atomic E-state index is 13.5. The second-order valence-corrected chi connectivity index (χ2v) is 8.54. The van der Waals surface area contributed by atoms with E-state index in [1.807, 2.05) is 4.90 Å². The second kappa shape index (κ2) is 9.40. The standard InChI is InChI=1S/C23H18F3N3O4S/c1-32-19-9-13(10-20-21(31)28-22(34-20)29-7-6-15(30)12-29)2-5-18(19)33-17-4-3-14(11-27)8-16(17)23(24,25)26/h2-5,8-10,15,30H,6-7,12H2,1H3/b20-10+. The van der Waals surface area contributed by atoms with Crippen molar-refractivity contribution in [1.82, 2.24) is 4.90 Å². The summed E-state index contributed by atoms with van der Waals surface area (Å²) in [5.41, 5.74) is -0.657. The molecule has 1 amide bonds. The zero-order chi connectivity index (χ0) is 24.5. The van der Waals surface area contributed by atoms with Gasteiger partial charge in [0.2, 0.25) is 0 Å². The highest BCUT2D eigenvalue weighted by molar-refractivity contribution is 8.18. The molecular formula is C23H18F3N3O4S. The molecule has 1 saturated heterocycles. The van der Waals surface area contributed by atoms with Gasteiger partial charge >= 0.3 is 6.18 Å². The highest BCUT2D eigenvalue weighted by Crippen LogP contribution is 2.41. The molecule has 1 unspecified atom stereocenters. The predicted octanol–water partition coefficient (Wildman–Crippen LogP) is 4.41. The van der Waals surface area contributed by atoms with Crippen LogP contribution < -0.4 is 9.47 Å². The maximum Gasteiger partial charge on any atom is 0.420 e. The number of carbonyl (C=O) groups is 1. The van der Waals surface area contributed by atoms with Crippen LogP contribution in [0, 0.1) is 11.3 Å². The summed E-state index contributed by atoms with van der Waals surface area (Å²) < 4.78 is 51.1. The Labute approximate surface area is 197 Å². The van der Waals surface area contributed by atoms with Gasteiger partial charge in [0.1, 0.15) is 5.75 Å². The molecule has 0 aliphatic carbocycles. The highest BCUT2D eigenvalue weighted by Gasteiger charge is 2.35. The van der Waals surface area contributed by atoms with Gasteiger partial charge in [0, 0.05) is 13.1 Å². The molecule has 2 aliphatic rings. The van der Waals surface area contributed by atoms with E-state index in [-0.39, 0.29) is 17.1 Å². The van der Waals surface area contributed by atoms with Gasteiger partial charge in [-0.2, -0.15) is 23.4 Å².